The zero-order chi connectivity index (χ0) is 8.77. The first-order valence-corrected chi connectivity index (χ1v) is 4.44. The van der Waals surface area contributed by atoms with Gasteiger partial charge in [0, 0.05) is 11.6 Å². The number of nitrogens with two attached hydrogens (primary N) is 1. The first-order chi connectivity index (χ1) is 5.68. The van der Waals surface area contributed by atoms with Gasteiger partial charge in [0.15, 0.2) is 0 Å². The molecule has 66 valence electrons. The Morgan fingerprint density at radius 2 is 2.58 bits per heavy atom. The van der Waals surface area contributed by atoms with E-state index in [-0.39, 0.29) is 5.41 Å². The highest BCUT2D eigenvalue weighted by molar-refractivity contribution is 5.88. The van der Waals surface area contributed by atoms with Gasteiger partial charge in [-0.3, -0.25) is 5.01 Å². The van der Waals surface area contributed by atoms with Gasteiger partial charge in [-0.1, -0.05) is 19.9 Å². The summed E-state index contributed by atoms with van der Waals surface area (Å²) >= 11 is 0. The van der Waals surface area contributed by atoms with E-state index in [9.17, 15) is 0 Å². The van der Waals surface area contributed by atoms with Crippen LogP contribution in [0.2, 0.25) is 0 Å². The van der Waals surface area contributed by atoms with Crippen LogP contribution in [-0.4, -0.2) is 16.9 Å². The molecular weight excluding hydrogens is 150 g/mol. The standard InChI is InChI=1S/C9H15N3/c1-3-12-7-5-4-6-9(7,2)8(10)11-12/h3,7H,1,4-6H2,2H3,(H2,10,11). The zero-order valence-corrected chi connectivity index (χ0v) is 7.45. The molecule has 0 spiro atoms. The quantitative estimate of drug-likeness (QED) is 0.636. The van der Waals surface area contributed by atoms with Crippen molar-refractivity contribution in [2.45, 2.75) is 32.2 Å². The summed E-state index contributed by atoms with van der Waals surface area (Å²) in [5.74, 6) is 0.782. The van der Waals surface area contributed by atoms with Gasteiger partial charge < -0.3 is 5.73 Å². The minimum Gasteiger partial charge on any atom is -0.385 e. The van der Waals surface area contributed by atoms with E-state index in [2.05, 4.69) is 18.6 Å². The van der Waals surface area contributed by atoms with Gasteiger partial charge in [-0.25, -0.2) is 0 Å². The highest BCUT2D eigenvalue weighted by Crippen LogP contribution is 2.45. The van der Waals surface area contributed by atoms with Crippen LogP contribution in [-0.2, 0) is 0 Å². The molecule has 3 nitrogen and oxygen atoms in total. The molecule has 1 saturated carbocycles. The molecule has 0 aromatic carbocycles. The second-order valence-electron chi connectivity index (χ2n) is 3.87. The summed E-state index contributed by atoms with van der Waals surface area (Å²) in [6.07, 6.45) is 5.37. The van der Waals surface area contributed by atoms with Crippen molar-refractivity contribution < 1.29 is 0 Å². The second-order valence-corrected chi connectivity index (χ2v) is 3.87. The van der Waals surface area contributed by atoms with Crippen LogP contribution in [0.5, 0.6) is 0 Å². The number of rotatable bonds is 1. The number of hydrogen-bond acceptors (Lipinski definition) is 3. The molecule has 2 unspecified atom stereocenters. The van der Waals surface area contributed by atoms with Crippen molar-refractivity contribution in [3.05, 3.63) is 12.8 Å². The molecular formula is C9H15N3. The van der Waals surface area contributed by atoms with Gasteiger partial charge in [-0.2, -0.15) is 5.10 Å². The predicted octanol–water partition coefficient (Wildman–Crippen LogP) is 1.28. The van der Waals surface area contributed by atoms with E-state index < -0.39 is 0 Å². The molecule has 0 saturated heterocycles. The fourth-order valence-corrected chi connectivity index (χ4v) is 2.35. The van der Waals surface area contributed by atoms with Gasteiger partial charge in [-0.05, 0) is 12.8 Å². The Morgan fingerprint density at radius 3 is 3.25 bits per heavy atom. The molecule has 1 fully saturated rings. The molecule has 3 heteroatoms. The van der Waals surface area contributed by atoms with Crippen molar-refractivity contribution in [2.75, 3.05) is 0 Å². The van der Waals surface area contributed by atoms with Crippen molar-refractivity contribution in [3.63, 3.8) is 0 Å². The van der Waals surface area contributed by atoms with Crippen LogP contribution in [0.4, 0.5) is 0 Å². The third-order valence-electron chi connectivity index (χ3n) is 3.22. The van der Waals surface area contributed by atoms with Crippen LogP contribution in [0.1, 0.15) is 26.2 Å². The number of nitrogens with zero attached hydrogens (tertiary/aromatic N) is 2. The van der Waals surface area contributed by atoms with Crippen LogP contribution in [0.25, 0.3) is 0 Å². The number of hydrogen-bond donors (Lipinski definition) is 1. The predicted molar refractivity (Wildman–Crippen MR) is 49.4 cm³/mol. The van der Waals surface area contributed by atoms with Gasteiger partial charge >= 0.3 is 0 Å². The normalized spacial score (nSPS) is 39.6. The Kier molecular flexibility index (Phi) is 1.43. The summed E-state index contributed by atoms with van der Waals surface area (Å²) in [5.41, 5.74) is 6.00. The molecule has 12 heavy (non-hydrogen) atoms. The van der Waals surface area contributed by atoms with Crippen LogP contribution in [0.15, 0.2) is 17.9 Å². The van der Waals surface area contributed by atoms with Crippen molar-refractivity contribution in [3.8, 4) is 0 Å². The summed E-state index contributed by atoms with van der Waals surface area (Å²) < 4.78 is 0. The van der Waals surface area contributed by atoms with Crippen LogP contribution in [0, 0.1) is 5.41 Å². The molecule has 2 aliphatic rings. The lowest BCUT2D eigenvalue weighted by Crippen LogP contribution is -2.38. The maximum Gasteiger partial charge on any atom is 0.128 e. The molecule has 0 amide bonds. The highest BCUT2D eigenvalue weighted by Gasteiger charge is 2.48. The third kappa shape index (κ3) is 0.737. The van der Waals surface area contributed by atoms with Gasteiger partial charge in [0.05, 0.1) is 6.04 Å². The van der Waals surface area contributed by atoms with Crippen LogP contribution < -0.4 is 5.73 Å². The van der Waals surface area contributed by atoms with Crippen molar-refractivity contribution in [2.24, 2.45) is 16.3 Å². The van der Waals surface area contributed by atoms with Gasteiger partial charge in [0.25, 0.3) is 0 Å². The lowest BCUT2D eigenvalue weighted by atomic mass is 9.84. The van der Waals surface area contributed by atoms with E-state index in [1.807, 2.05) is 5.01 Å². The lowest BCUT2D eigenvalue weighted by molar-refractivity contribution is 0.246. The summed E-state index contributed by atoms with van der Waals surface area (Å²) in [6, 6.07) is 0.468. The van der Waals surface area contributed by atoms with E-state index in [1.54, 1.807) is 6.20 Å². The molecule has 1 aliphatic carbocycles. The molecule has 2 N–H and O–H groups in total. The molecule has 1 aliphatic heterocycles. The SMILES string of the molecule is C=CN1N=C(N)C2(C)CCCC12. The van der Waals surface area contributed by atoms with Crippen molar-refractivity contribution in [1.82, 2.24) is 5.01 Å². The van der Waals surface area contributed by atoms with E-state index in [4.69, 9.17) is 5.73 Å². The van der Waals surface area contributed by atoms with Crippen LogP contribution >= 0.6 is 0 Å². The minimum atomic E-state index is 0.119. The first-order valence-electron chi connectivity index (χ1n) is 4.44. The molecule has 0 radical (unpaired) electrons. The first kappa shape index (κ1) is 7.65. The smallest absolute Gasteiger partial charge is 0.128 e. The summed E-state index contributed by atoms with van der Waals surface area (Å²) in [6.45, 7) is 5.93. The molecule has 1 heterocycles. The monoisotopic (exact) mass is 165 g/mol. The van der Waals surface area contributed by atoms with Crippen molar-refractivity contribution >= 4 is 5.84 Å². The second kappa shape index (κ2) is 2.25. The van der Waals surface area contributed by atoms with Gasteiger partial charge in [-0.15, -0.1) is 0 Å². The number of amidine groups is 1. The largest absolute Gasteiger partial charge is 0.385 e. The van der Waals surface area contributed by atoms with E-state index in [1.165, 1.54) is 12.8 Å². The number of fused-ring (bicyclic) bond motifs is 1. The molecule has 0 aromatic heterocycles. The minimum absolute atomic E-state index is 0.119. The topological polar surface area (TPSA) is 41.6 Å². The molecule has 2 rings (SSSR count). The Morgan fingerprint density at radius 1 is 1.83 bits per heavy atom. The van der Waals surface area contributed by atoms with Gasteiger partial charge in [0.1, 0.15) is 5.84 Å². The number of hydrazone groups is 1. The van der Waals surface area contributed by atoms with E-state index in [0.717, 1.165) is 12.3 Å². The third-order valence-corrected chi connectivity index (χ3v) is 3.22. The highest BCUT2D eigenvalue weighted by atomic mass is 15.5. The summed E-state index contributed by atoms with van der Waals surface area (Å²) in [4.78, 5) is 0. The average molecular weight is 165 g/mol. The molecule has 2 atom stereocenters. The van der Waals surface area contributed by atoms with Crippen LogP contribution in [0.3, 0.4) is 0 Å². The van der Waals surface area contributed by atoms with Gasteiger partial charge in [0.2, 0.25) is 0 Å². The lowest BCUT2D eigenvalue weighted by Gasteiger charge is -2.26. The Bertz CT molecular complexity index is 246. The Hall–Kier alpha value is -0.990. The molecule has 0 aromatic rings. The van der Waals surface area contributed by atoms with E-state index in [0.29, 0.717) is 6.04 Å². The Labute approximate surface area is 72.9 Å². The maximum atomic E-state index is 5.88. The molecule has 0 bridgehead atoms. The average Bonchev–Trinajstić information content (AvgIpc) is 2.51. The fourth-order valence-electron chi connectivity index (χ4n) is 2.35. The maximum absolute atomic E-state index is 5.88. The van der Waals surface area contributed by atoms with Crippen molar-refractivity contribution in [1.29, 1.82) is 0 Å². The Balaban J connectivity index is 2.34. The zero-order valence-electron chi connectivity index (χ0n) is 7.45. The van der Waals surface area contributed by atoms with E-state index >= 15 is 0 Å². The summed E-state index contributed by atoms with van der Waals surface area (Å²) in [7, 11) is 0. The fraction of sp³-hybridized carbons (Fsp3) is 0.667. The summed E-state index contributed by atoms with van der Waals surface area (Å²) in [5, 5.41) is 6.19.